The molecule has 0 fully saturated rings. The second-order valence-corrected chi connectivity index (χ2v) is 10.7. The van der Waals surface area contributed by atoms with Gasteiger partial charge in [0.25, 0.3) is 0 Å². The van der Waals surface area contributed by atoms with Gasteiger partial charge in [-0.25, -0.2) is 18.6 Å². The van der Waals surface area contributed by atoms with E-state index in [0.717, 1.165) is 12.2 Å². The Kier molecular flexibility index (Phi) is 9.52. The largest absolute Gasteiger partial charge is 0.453 e. The molecule has 1 unspecified atom stereocenters. The van der Waals surface area contributed by atoms with Gasteiger partial charge in [0.05, 0.1) is 41.4 Å². The number of ketones is 1. The number of rotatable bonds is 5. The van der Waals surface area contributed by atoms with Crippen molar-refractivity contribution in [2.24, 2.45) is 0 Å². The van der Waals surface area contributed by atoms with Gasteiger partial charge in [-0.15, -0.1) is 0 Å². The van der Waals surface area contributed by atoms with Crippen molar-refractivity contribution in [3.63, 3.8) is 0 Å². The zero-order valence-corrected chi connectivity index (χ0v) is 25.3. The van der Waals surface area contributed by atoms with E-state index < -0.39 is 41.4 Å². The number of Topliss-reactive ketones (excluding diaryl/α,β-unsaturated/α-hetero) is 1. The number of H-pyrrole nitrogens is 1. The minimum Gasteiger partial charge on any atom is -0.453 e. The van der Waals surface area contributed by atoms with Crippen molar-refractivity contribution in [1.82, 2.24) is 20.3 Å². The van der Waals surface area contributed by atoms with Crippen molar-refractivity contribution in [2.75, 3.05) is 17.7 Å². The highest BCUT2D eigenvalue weighted by Gasteiger charge is 2.23. The molecule has 0 saturated carbocycles. The Balaban J connectivity index is 1.52. The lowest BCUT2D eigenvalue weighted by Crippen LogP contribution is -2.29. The fourth-order valence-corrected chi connectivity index (χ4v) is 5.05. The smallest absolute Gasteiger partial charge is 0.411 e. The third-order valence-corrected chi connectivity index (χ3v) is 7.44. The fourth-order valence-electron chi connectivity index (χ4n) is 4.88. The summed E-state index contributed by atoms with van der Waals surface area (Å²) >= 11 is 5.91. The van der Waals surface area contributed by atoms with Crippen molar-refractivity contribution >= 4 is 52.7 Å². The second kappa shape index (κ2) is 13.7. The Morgan fingerprint density at radius 1 is 1.11 bits per heavy atom. The first-order chi connectivity index (χ1) is 22.0. The van der Waals surface area contributed by atoms with E-state index in [0.29, 0.717) is 34.2 Å². The molecule has 14 heteroatoms. The van der Waals surface area contributed by atoms with E-state index in [9.17, 15) is 28.0 Å². The first kappa shape index (κ1) is 32.0. The van der Waals surface area contributed by atoms with E-state index in [1.165, 1.54) is 50.6 Å². The van der Waals surface area contributed by atoms with Crippen LogP contribution in [0, 0.1) is 11.6 Å². The maximum absolute atomic E-state index is 14.8. The van der Waals surface area contributed by atoms with Gasteiger partial charge in [-0.1, -0.05) is 11.6 Å². The number of benzene rings is 2. The topological polar surface area (TPSA) is 155 Å². The number of halogens is 3. The number of hydrogen-bond acceptors (Lipinski definition) is 7. The fraction of sp³-hybridized carbons (Fsp3) is 0.188. The average Bonchev–Trinajstić information content (AvgIpc) is 3.51. The van der Waals surface area contributed by atoms with Crippen LogP contribution in [0.25, 0.3) is 17.3 Å². The number of aromatic amines is 1. The van der Waals surface area contributed by atoms with Crippen molar-refractivity contribution in [2.45, 2.75) is 32.2 Å². The van der Waals surface area contributed by atoms with E-state index in [4.69, 9.17) is 11.6 Å². The van der Waals surface area contributed by atoms with Crippen LogP contribution in [0.4, 0.5) is 25.0 Å². The maximum Gasteiger partial charge on any atom is 0.411 e. The quantitative estimate of drug-likeness (QED) is 0.158. The highest BCUT2D eigenvalue weighted by molar-refractivity contribution is 6.31. The summed E-state index contributed by atoms with van der Waals surface area (Å²) in [6, 6.07) is 9.30. The molecule has 2 aromatic heterocycles. The molecule has 1 aliphatic heterocycles. The number of nitrogens with one attached hydrogen (secondary N) is 4. The molecule has 2 aromatic carbocycles. The summed E-state index contributed by atoms with van der Waals surface area (Å²) in [4.78, 5) is 61.9. The van der Waals surface area contributed by atoms with E-state index in [1.807, 2.05) is 0 Å². The molecular formula is C32H27ClF2N6O5. The molecule has 0 aliphatic carbocycles. The number of pyridine rings is 1. The number of ether oxygens (including phenoxy) is 1. The number of fused-ring (bicyclic) bond motifs is 6. The molecule has 0 radical (unpaired) electrons. The molecular weight excluding hydrogens is 622 g/mol. The Morgan fingerprint density at radius 2 is 1.91 bits per heavy atom. The molecule has 5 rings (SSSR count). The SMILES string of the molecule is COC(=O)Nc1ccc2c(c1)NC(=O)CCc1nc(ccc1F)CC(NC(=O)/C=C/c1c(C(C)=O)ccc(Cl)c1F)c1ncc-2[nH]1. The zero-order chi connectivity index (χ0) is 33.0. The van der Waals surface area contributed by atoms with Gasteiger partial charge in [0, 0.05) is 53.4 Å². The summed E-state index contributed by atoms with van der Waals surface area (Å²) in [5.74, 6) is -2.61. The molecule has 4 N–H and O–H groups in total. The summed E-state index contributed by atoms with van der Waals surface area (Å²) in [7, 11) is 1.22. The highest BCUT2D eigenvalue weighted by atomic mass is 35.5. The lowest BCUT2D eigenvalue weighted by atomic mass is 10.0. The molecule has 4 aromatic rings. The van der Waals surface area contributed by atoms with E-state index >= 15 is 0 Å². The van der Waals surface area contributed by atoms with Crippen LogP contribution in [0.15, 0.2) is 54.7 Å². The molecule has 1 aliphatic rings. The maximum atomic E-state index is 14.8. The number of aromatic nitrogens is 3. The lowest BCUT2D eigenvalue weighted by Gasteiger charge is -2.17. The van der Waals surface area contributed by atoms with Gasteiger partial charge in [0.2, 0.25) is 11.8 Å². The summed E-state index contributed by atoms with van der Waals surface area (Å²) in [6.07, 6.45) is 3.00. The number of carbonyl (C=O) groups is 4. The van der Waals surface area contributed by atoms with Crippen LogP contribution < -0.4 is 16.0 Å². The second-order valence-electron chi connectivity index (χ2n) is 10.3. The number of methoxy groups -OCH3 is 1. The number of carbonyl (C=O) groups excluding carboxylic acids is 4. The average molecular weight is 649 g/mol. The van der Waals surface area contributed by atoms with E-state index in [-0.39, 0.29) is 41.1 Å². The monoisotopic (exact) mass is 648 g/mol. The van der Waals surface area contributed by atoms with Crippen LogP contribution in [0.1, 0.15) is 52.5 Å². The van der Waals surface area contributed by atoms with Crippen LogP contribution in [0.3, 0.4) is 0 Å². The predicted octanol–water partition coefficient (Wildman–Crippen LogP) is 5.78. The van der Waals surface area contributed by atoms with Gasteiger partial charge in [-0.3, -0.25) is 24.7 Å². The summed E-state index contributed by atoms with van der Waals surface area (Å²) in [5, 5.41) is 7.94. The number of aryl methyl sites for hydroxylation is 1. The van der Waals surface area contributed by atoms with Gasteiger partial charge in [0.1, 0.15) is 17.5 Å². The van der Waals surface area contributed by atoms with Crippen LogP contribution in [0.2, 0.25) is 5.02 Å². The van der Waals surface area contributed by atoms with Gasteiger partial charge in [0.15, 0.2) is 5.78 Å². The van der Waals surface area contributed by atoms with Crippen molar-refractivity contribution in [3.8, 4) is 11.3 Å². The molecule has 236 valence electrons. The Bertz CT molecular complexity index is 1890. The molecule has 1 atom stereocenters. The first-order valence-electron chi connectivity index (χ1n) is 14.0. The molecule has 3 amide bonds. The zero-order valence-electron chi connectivity index (χ0n) is 24.5. The number of hydrogen-bond donors (Lipinski definition) is 4. The van der Waals surface area contributed by atoms with Gasteiger partial charge >= 0.3 is 6.09 Å². The molecule has 11 nitrogen and oxygen atoms in total. The molecule has 0 spiro atoms. The first-order valence-corrected chi connectivity index (χ1v) is 14.4. The van der Waals surface area contributed by atoms with E-state index in [1.54, 1.807) is 12.1 Å². The van der Waals surface area contributed by atoms with Crippen LogP contribution >= 0.6 is 11.6 Å². The van der Waals surface area contributed by atoms with Gasteiger partial charge < -0.3 is 20.4 Å². The number of anilines is 2. The molecule has 46 heavy (non-hydrogen) atoms. The van der Waals surface area contributed by atoms with Crippen molar-refractivity contribution < 1.29 is 32.7 Å². The summed E-state index contributed by atoms with van der Waals surface area (Å²) < 4.78 is 34.1. The van der Waals surface area contributed by atoms with Gasteiger partial charge in [-0.05, 0) is 55.5 Å². The number of nitrogens with zero attached hydrogens (tertiary/aromatic N) is 2. The molecule has 0 saturated heterocycles. The standard InChI is InChI=1S/C32H27ClF2N6O5/c1-16(42)19-6-8-22(33)30(35)20(19)7-11-28(43)40-26-14-17-4-9-23(34)24(37-17)10-12-29(44)39-25-13-18(38-32(45)46-2)3-5-21(25)27-15-36-31(26)41-27/h3-9,11,13,15,26H,10,12,14H2,1-2H3,(H,36,41)(H,38,45)(H,39,44)(H,40,43)/b11-7+. The number of imidazole rings is 1. The Hall–Kier alpha value is -5.43. The van der Waals surface area contributed by atoms with Crippen molar-refractivity contribution in [1.29, 1.82) is 0 Å². The highest BCUT2D eigenvalue weighted by Crippen LogP contribution is 2.32. The van der Waals surface area contributed by atoms with Crippen LogP contribution in [-0.4, -0.2) is 45.8 Å². The normalized spacial score (nSPS) is 14.5. The molecule has 4 bridgehead atoms. The minimum atomic E-state index is -0.842. The minimum absolute atomic E-state index is 0.00766. The van der Waals surface area contributed by atoms with Crippen molar-refractivity contribution in [3.05, 3.63) is 99.7 Å². The molecule has 3 heterocycles. The Labute approximate surface area is 266 Å². The van der Waals surface area contributed by atoms with Crippen LogP contribution in [-0.2, 0) is 27.2 Å². The lowest BCUT2D eigenvalue weighted by molar-refractivity contribution is -0.117. The summed E-state index contributed by atoms with van der Waals surface area (Å²) in [5.41, 5.74) is 2.05. The predicted molar refractivity (Wildman–Crippen MR) is 166 cm³/mol. The number of amides is 3. The van der Waals surface area contributed by atoms with E-state index in [2.05, 4.69) is 35.6 Å². The Morgan fingerprint density at radius 3 is 2.67 bits per heavy atom. The summed E-state index contributed by atoms with van der Waals surface area (Å²) in [6.45, 7) is 1.27. The third-order valence-electron chi connectivity index (χ3n) is 7.15. The van der Waals surface area contributed by atoms with Gasteiger partial charge in [-0.2, -0.15) is 0 Å². The third kappa shape index (κ3) is 7.26. The van der Waals surface area contributed by atoms with Crippen LogP contribution in [0.5, 0.6) is 0 Å².